The number of benzene rings is 2. The van der Waals surface area contributed by atoms with Crippen molar-refractivity contribution in [3.63, 3.8) is 0 Å². The molecular formula is C24H22FN5OS. The summed E-state index contributed by atoms with van der Waals surface area (Å²) in [4.78, 5) is 12.1. The smallest absolute Gasteiger partial charge is 0.227 e. The normalized spacial score (nSPS) is 19.2. The molecule has 32 heavy (non-hydrogen) atoms. The molecule has 6 nitrogen and oxygen atoms in total. The lowest BCUT2D eigenvalue weighted by atomic mass is 9.74. The Hall–Kier alpha value is -3.31. The monoisotopic (exact) mass is 447 g/mol. The Balaban J connectivity index is 1.44. The van der Waals surface area contributed by atoms with Crippen LogP contribution in [0, 0.1) is 17.1 Å². The van der Waals surface area contributed by atoms with E-state index in [2.05, 4.69) is 16.3 Å². The van der Waals surface area contributed by atoms with Crippen LogP contribution in [-0.2, 0) is 22.6 Å². The Morgan fingerprint density at radius 1 is 1.09 bits per heavy atom. The highest BCUT2D eigenvalue weighted by Gasteiger charge is 2.37. The quantitative estimate of drug-likeness (QED) is 0.649. The molecule has 0 bridgehead atoms. The van der Waals surface area contributed by atoms with Crippen molar-refractivity contribution >= 4 is 28.3 Å². The van der Waals surface area contributed by atoms with Gasteiger partial charge in [-0.1, -0.05) is 36.4 Å². The zero-order valence-electron chi connectivity index (χ0n) is 17.4. The zero-order valence-corrected chi connectivity index (χ0v) is 18.2. The molecule has 1 fully saturated rings. The first-order chi connectivity index (χ1) is 15.6. The molecule has 1 N–H and O–H groups in total. The van der Waals surface area contributed by atoms with Gasteiger partial charge in [0.25, 0.3) is 0 Å². The van der Waals surface area contributed by atoms with E-state index in [1.54, 1.807) is 12.1 Å². The third-order valence-electron chi connectivity index (χ3n) is 6.20. The van der Waals surface area contributed by atoms with E-state index in [4.69, 9.17) is 9.97 Å². The summed E-state index contributed by atoms with van der Waals surface area (Å²) in [5.74, 6) is 1.18. The second-order valence-electron chi connectivity index (χ2n) is 8.13. The van der Waals surface area contributed by atoms with Crippen LogP contribution in [0.5, 0.6) is 0 Å². The standard InChI is InChI=1S/C24H22FN5OS/c25-18-7-4-8-19(15-18)27-22-21-20(9-14-32(21)31)28-23(29-22)30-12-10-24(16-26,11-13-30)17-5-2-1-3-6-17/h1-8,15H,9-14H2,(H,27,28,29). The number of aryl methyl sites for hydroxylation is 1. The summed E-state index contributed by atoms with van der Waals surface area (Å²) in [6.45, 7) is 1.29. The van der Waals surface area contributed by atoms with Crippen LogP contribution in [0.3, 0.4) is 0 Å². The number of nitriles is 1. The van der Waals surface area contributed by atoms with E-state index in [0.717, 1.165) is 11.3 Å². The van der Waals surface area contributed by atoms with Gasteiger partial charge in [-0.15, -0.1) is 0 Å². The maximum atomic E-state index is 13.7. The fourth-order valence-electron chi connectivity index (χ4n) is 4.42. The van der Waals surface area contributed by atoms with Crippen LogP contribution in [0.2, 0.25) is 0 Å². The number of anilines is 3. The first-order valence-corrected chi connectivity index (χ1v) is 11.9. The Kier molecular flexibility index (Phi) is 5.35. The lowest BCUT2D eigenvalue weighted by molar-refractivity contribution is 0.412. The van der Waals surface area contributed by atoms with Gasteiger partial charge in [-0.3, -0.25) is 4.21 Å². The van der Waals surface area contributed by atoms with E-state index >= 15 is 0 Å². The van der Waals surface area contributed by atoms with Crippen molar-refractivity contribution in [1.29, 1.82) is 5.26 Å². The summed E-state index contributed by atoms with van der Waals surface area (Å²) < 4.78 is 26.2. The molecule has 8 heteroatoms. The largest absolute Gasteiger partial charge is 0.341 e. The van der Waals surface area contributed by atoms with Crippen LogP contribution < -0.4 is 10.2 Å². The third-order valence-corrected chi connectivity index (χ3v) is 7.66. The molecular weight excluding hydrogens is 425 g/mol. The number of rotatable bonds is 4. The number of aromatic nitrogens is 2. The van der Waals surface area contributed by atoms with E-state index < -0.39 is 16.2 Å². The van der Waals surface area contributed by atoms with E-state index in [9.17, 15) is 13.9 Å². The number of nitrogens with zero attached hydrogens (tertiary/aromatic N) is 4. The molecule has 2 aliphatic rings. The second kappa shape index (κ2) is 8.32. The molecule has 162 valence electrons. The minimum absolute atomic E-state index is 0.355. The molecule has 5 rings (SSSR count). The number of piperidine rings is 1. The first kappa shape index (κ1) is 20.6. The number of hydrogen-bond acceptors (Lipinski definition) is 6. The summed E-state index contributed by atoms with van der Waals surface area (Å²) in [5.41, 5.74) is 1.85. The van der Waals surface area contributed by atoms with Crippen LogP contribution in [0.25, 0.3) is 0 Å². The van der Waals surface area contributed by atoms with Crippen molar-refractivity contribution in [3.05, 3.63) is 71.7 Å². The highest BCUT2D eigenvalue weighted by atomic mass is 32.2. The predicted octanol–water partition coefficient (Wildman–Crippen LogP) is 4.08. The maximum Gasteiger partial charge on any atom is 0.227 e. The average Bonchev–Trinajstić information content (AvgIpc) is 3.20. The molecule has 2 aromatic carbocycles. The fraction of sp³-hybridized carbons (Fsp3) is 0.292. The third kappa shape index (κ3) is 3.73. The molecule has 0 amide bonds. The van der Waals surface area contributed by atoms with Crippen LogP contribution >= 0.6 is 0 Å². The van der Waals surface area contributed by atoms with Gasteiger partial charge in [-0.05, 0) is 36.6 Å². The fourth-order valence-corrected chi connectivity index (χ4v) is 5.73. The Morgan fingerprint density at radius 2 is 1.88 bits per heavy atom. The van der Waals surface area contributed by atoms with Crippen LogP contribution in [-0.4, -0.2) is 33.0 Å². The summed E-state index contributed by atoms with van der Waals surface area (Å²) in [6, 6.07) is 18.6. The Bertz CT molecular complexity index is 1220. The van der Waals surface area contributed by atoms with Gasteiger partial charge in [0.05, 0.1) is 28.0 Å². The van der Waals surface area contributed by atoms with Gasteiger partial charge in [0.15, 0.2) is 5.82 Å². The minimum Gasteiger partial charge on any atom is -0.341 e. The molecule has 0 aliphatic carbocycles. The summed E-state index contributed by atoms with van der Waals surface area (Å²) in [5, 5.41) is 13.1. The van der Waals surface area contributed by atoms with Crippen LogP contribution in [0.4, 0.5) is 21.8 Å². The molecule has 3 heterocycles. The first-order valence-electron chi connectivity index (χ1n) is 10.6. The summed E-state index contributed by atoms with van der Waals surface area (Å²) in [7, 11) is -1.18. The summed E-state index contributed by atoms with van der Waals surface area (Å²) >= 11 is 0. The van der Waals surface area contributed by atoms with E-state index in [1.807, 2.05) is 30.3 Å². The SMILES string of the molecule is N#CC1(c2ccccc2)CCN(c2nc3c(c(Nc4cccc(F)c4)n2)S(=O)CC3)CC1. The molecule has 0 spiro atoms. The lowest BCUT2D eigenvalue weighted by Gasteiger charge is -2.37. The van der Waals surface area contributed by atoms with Gasteiger partial charge in [-0.25, -0.2) is 9.37 Å². The molecule has 1 atom stereocenters. The zero-order chi connectivity index (χ0) is 22.1. The lowest BCUT2D eigenvalue weighted by Crippen LogP contribution is -2.42. The highest BCUT2D eigenvalue weighted by molar-refractivity contribution is 7.85. The van der Waals surface area contributed by atoms with Gasteiger partial charge in [0, 0.05) is 31.0 Å². The summed E-state index contributed by atoms with van der Waals surface area (Å²) in [6.07, 6.45) is 1.97. The predicted molar refractivity (Wildman–Crippen MR) is 122 cm³/mol. The Morgan fingerprint density at radius 3 is 2.59 bits per heavy atom. The molecule has 1 saturated heterocycles. The molecule has 1 unspecified atom stereocenters. The van der Waals surface area contributed by atoms with E-state index in [-0.39, 0.29) is 5.82 Å². The number of halogens is 1. The van der Waals surface area contributed by atoms with E-state index in [0.29, 0.717) is 60.5 Å². The van der Waals surface area contributed by atoms with Crippen molar-refractivity contribution < 1.29 is 8.60 Å². The number of fused-ring (bicyclic) bond motifs is 1. The average molecular weight is 448 g/mol. The van der Waals surface area contributed by atoms with Gasteiger partial charge in [0.2, 0.25) is 5.95 Å². The van der Waals surface area contributed by atoms with Crippen molar-refractivity contribution in [2.45, 2.75) is 29.6 Å². The molecule has 0 radical (unpaired) electrons. The van der Waals surface area contributed by atoms with Crippen molar-refractivity contribution in [2.24, 2.45) is 0 Å². The maximum absolute atomic E-state index is 13.7. The number of hydrogen-bond donors (Lipinski definition) is 1. The van der Waals surface area contributed by atoms with Crippen LogP contribution in [0.15, 0.2) is 59.5 Å². The molecule has 1 aromatic heterocycles. The van der Waals surface area contributed by atoms with Crippen LogP contribution in [0.1, 0.15) is 24.1 Å². The van der Waals surface area contributed by atoms with Crippen molar-refractivity contribution in [2.75, 3.05) is 29.1 Å². The Labute approximate surface area is 188 Å². The molecule has 0 saturated carbocycles. The highest BCUT2D eigenvalue weighted by Crippen LogP contribution is 2.37. The van der Waals surface area contributed by atoms with Crippen molar-refractivity contribution in [1.82, 2.24) is 9.97 Å². The topological polar surface area (TPSA) is 81.9 Å². The number of nitrogens with one attached hydrogen (secondary N) is 1. The van der Waals surface area contributed by atoms with Gasteiger partial charge < -0.3 is 10.2 Å². The van der Waals surface area contributed by atoms with Gasteiger partial charge in [0.1, 0.15) is 10.7 Å². The molecule has 3 aromatic rings. The molecule has 2 aliphatic heterocycles. The van der Waals surface area contributed by atoms with Crippen molar-refractivity contribution in [3.8, 4) is 6.07 Å². The van der Waals surface area contributed by atoms with Gasteiger partial charge in [-0.2, -0.15) is 10.2 Å². The van der Waals surface area contributed by atoms with E-state index in [1.165, 1.54) is 12.1 Å². The minimum atomic E-state index is -1.18. The second-order valence-corrected chi connectivity index (χ2v) is 9.64. The van der Waals surface area contributed by atoms with Gasteiger partial charge >= 0.3 is 0 Å².